The summed E-state index contributed by atoms with van der Waals surface area (Å²) < 4.78 is 158. The van der Waals surface area contributed by atoms with Crippen molar-refractivity contribution in [3.8, 4) is 33.8 Å². The Morgan fingerprint density at radius 1 is 0.380 bits per heavy atom. The maximum absolute atomic E-state index is 14.7. The highest BCUT2D eigenvalue weighted by molar-refractivity contribution is 9.11. The van der Waals surface area contributed by atoms with Gasteiger partial charge < -0.3 is 89.3 Å². The van der Waals surface area contributed by atoms with E-state index in [0.717, 1.165) is 43.7 Å². The molecule has 0 unspecified atom stereocenters. The molecule has 32 nitrogen and oxygen atoms in total. The number of nitrogens with zero attached hydrogens (tertiary/aromatic N) is 8. The van der Waals surface area contributed by atoms with Crippen molar-refractivity contribution in [3.05, 3.63) is 257 Å². The summed E-state index contributed by atoms with van der Waals surface area (Å²) in [5.74, 6) is -8.85. The molecule has 4 aromatic heterocycles. The number of carbonyl (C=O) groups excluding carboxylic acids is 5. The van der Waals surface area contributed by atoms with Crippen molar-refractivity contribution in [1.29, 1.82) is 0 Å². The third-order valence-electron chi connectivity index (χ3n) is 22.8. The molecule has 0 bridgehead atoms. The van der Waals surface area contributed by atoms with E-state index >= 15 is 0 Å². The molecule has 10 aromatic rings. The highest BCUT2D eigenvalue weighted by Crippen LogP contribution is 2.45. The second-order valence-corrected chi connectivity index (χ2v) is 44.6. The second kappa shape index (κ2) is 50.2. The standard InChI is InChI=1S/C23H26FN3O4.C17H24BFO4.C15H15BrFN3O2.C15H16FN3O2.C14H23BO4.C11H12BrFO2.C7H4BrFO2.C4H4ClN3/c1-22(2,3)31-21(28)16-5-4-15(12-17(16)24)19-20(25)26-13-18(27-19)14-6-8-23(9-7-14)29-10-11-30-23;1-15(2,3)21-14(20)12-9-8-11(10-13(12)19)18-22-16(4,5)17(6,7)23-18;1-15(2,3)22-14(21)9-5-4-8(6-10(9)17)12-13(18)19-7-11(16)20-12;1-15(2,3)21-14(20)10-5-4-9(8-11(10)16)12-13(17)19-7-6-18-12;1-12(2)13(3,4)19-15(18-12)11-5-7-14(8-6-11)16-9-10-17-14;1-11(2,3)15-10(14)8-5-4-7(12)6-9(8)13;8-4-1-2-5(7(10)11)6(9)3-4;5-3-4(6)8-2-1-7-3/h4-6,12-13H,7-11H2,1-3H3,(H2,25,26);8-10H,1-7H3;4-7H,1-3H3,(H2,18,19);4-8H,1-3H3,(H2,17,19);5H,6-10H2,1-4H3;4-6H,1-3H3;1-3H,(H,10,11);1-2H,(H2,6,8). The van der Waals surface area contributed by atoms with Crippen LogP contribution in [0.5, 0.6) is 0 Å². The van der Waals surface area contributed by atoms with Gasteiger partial charge in [-0.2, -0.15) is 0 Å². The van der Waals surface area contributed by atoms with Gasteiger partial charge in [-0.15, -0.1) is 0 Å². The number of ether oxygens (including phenoxy) is 9. The van der Waals surface area contributed by atoms with Crippen molar-refractivity contribution < 1.29 is 121 Å². The Balaban J connectivity index is 0.000000195. The first-order valence-electron chi connectivity index (χ1n) is 47.3. The summed E-state index contributed by atoms with van der Waals surface area (Å²) in [4.78, 5) is 102. The van der Waals surface area contributed by atoms with Gasteiger partial charge in [0, 0.05) is 76.1 Å². The van der Waals surface area contributed by atoms with Gasteiger partial charge in [-0.25, -0.2) is 90.0 Å². The number of allylic oxidation sites excluding steroid dienone is 2. The molecule has 6 aliphatic rings. The molecule has 4 aliphatic heterocycles. The zero-order valence-corrected chi connectivity index (χ0v) is 93.1. The summed E-state index contributed by atoms with van der Waals surface area (Å²) in [6.45, 7) is 44.6. The molecule has 2 spiro atoms. The van der Waals surface area contributed by atoms with Crippen molar-refractivity contribution in [3.63, 3.8) is 0 Å². The van der Waals surface area contributed by atoms with Gasteiger partial charge in [0.2, 0.25) is 0 Å². The van der Waals surface area contributed by atoms with E-state index in [0.29, 0.717) is 91.3 Å². The molecule has 0 radical (unpaired) electrons. The average molecular weight is 2300 g/mol. The molecule has 6 aromatic carbocycles. The number of hydrogen-bond donors (Lipinski definition) is 5. The first kappa shape index (κ1) is 122. The minimum Gasteiger partial charge on any atom is -0.478 e. The Labute approximate surface area is 898 Å². The highest BCUT2D eigenvalue weighted by atomic mass is 79.9. The fraction of sp³-hybridized carbons (Fsp3) is 0.415. The first-order valence-corrected chi connectivity index (χ1v) is 50.1. The van der Waals surface area contributed by atoms with E-state index < -0.39 is 123 Å². The van der Waals surface area contributed by atoms with Gasteiger partial charge in [-0.1, -0.05) is 79.9 Å². The lowest BCUT2D eigenvalue weighted by Gasteiger charge is -2.32. The highest BCUT2D eigenvalue weighted by Gasteiger charge is 2.55. The molecule has 150 heavy (non-hydrogen) atoms. The molecular formula is C106H124B2Br3ClF6N12O20. The molecule has 8 heterocycles. The number of nitrogen functional groups attached to an aromatic ring is 4. The third kappa shape index (κ3) is 34.9. The zero-order valence-electron chi connectivity index (χ0n) is 87.6. The van der Waals surface area contributed by atoms with Gasteiger partial charge in [-0.05, 0) is 289 Å². The lowest BCUT2D eigenvalue weighted by atomic mass is 9.71. The molecule has 16 rings (SSSR count). The first-order chi connectivity index (χ1) is 69.5. The summed E-state index contributed by atoms with van der Waals surface area (Å²) in [6.07, 6.45) is 17.9. The molecular weight excluding hydrogens is 2170 g/mol. The van der Waals surface area contributed by atoms with Crippen LogP contribution in [0.2, 0.25) is 5.15 Å². The monoisotopic (exact) mass is 2290 g/mol. The van der Waals surface area contributed by atoms with Gasteiger partial charge in [0.25, 0.3) is 0 Å². The number of carboxylic acids is 1. The molecule has 0 saturated carbocycles. The van der Waals surface area contributed by atoms with E-state index in [-0.39, 0.29) is 85.9 Å². The normalized spacial score (nSPS) is 16.4. The predicted molar refractivity (Wildman–Crippen MR) is 567 cm³/mol. The van der Waals surface area contributed by atoms with Crippen molar-refractivity contribution in [2.45, 2.75) is 260 Å². The van der Waals surface area contributed by atoms with Crippen molar-refractivity contribution >= 4 is 144 Å². The predicted octanol–water partition coefficient (Wildman–Crippen LogP) is 22.6. The number of aromatic nitrogens is 8. The van der Waals surface area contributed by atoms with Crippen molar-refractivity contribution in [1.82, 2.24) is 39.9 Å². The summed E-state index contributed by atoms with van der Waals surface area (Å²) in [5.41, 5.74) is 22.7. The maximum atomic E-state index is 14.7. The lowest BCUT2D eigenvalue weighted by molar-refractivity contribution is -0.161. The fourth-order valence-electron chi connectivity index (χ4n) is 14.1. The summed E-state index contributed by atoms with van der Waals surface area (Å²) in [7, 11) is -0.883. The minimum absolute atomic E-state index is 0.0480. The number of benzene rings is 6. The van der Waals surface area contributed by atoms with Gasteiger partial charge in [0.1, 0.15) is 102 Å². The number of carbonyl (C=O) groups is 6. The Hall–Kier alpha value is -11.7. The van der Waals surface area contributed by atoms with Crippen LogP contribution in [0.1, 0.15) is 266 Å². The molecule has 44 heteroatoms. The number of aromatic carboxylic acids is 1. The van der Waals surface area contributed by atoms with Crippen LogP contribution in [-0.4, -0.2) is 183 Å². The van der Waals surface area contributed by atoms with E-state index in [1.54, 1.807) is 140 Å². The maximum Gasteiger partial charge on any atom is 0.494 e. The smallest absolute Gasteiger partial charge is 0.478 e. The van der Waals surface area contributed by atoms with Crippen LogP contribution in [0, 0.1) is 34.9 Å². The number of carboxylic acid groups (broad SMARTS) is 1. The molecule has 4 saturated heterocycles. The van der Waals surface area contributed by atoms with E-state index in [2.05, 4.69) is 121 Å². The van der Waals surface area contributed by atoms with Gasteiger partial charge in [0.15, 0.2) is 22.5 Å². The lowest BCUT2D eigenvalue weighted by Crippen LogP contribution is -2.41. The Kier molecular flexibility index (Phi) is 40.8. The van der Waals surface area contributed by atoms with Gasteiger partial charge >= 0.3 is 50.1 Å². The van der Waals surface area contributed by atoms with E-state index in [9.17, 15) is 55.1 Å². The molecule has 804 valence electrons. The minimum atomic E-state index is -1.25. The summed E-state index contributed by atoms with van der Waals surface area (Å²) in [5, 5.41) is 8.66. The van der Waals surface area contributed by atoms with E-state index in [4.69, 9.17) is 101 Å². The van der Waals surface area contributed by atoms with Crippen molar-refractivity contribution in [2.24, 2.45) is 0 Å². The molecule has 9 N–H and O–H groups in total. The van der Waals surface area contributed by atoms with Crippen LogP contribution in [0.15, 0.2) is 178 Å². The molecule has 0 amide bonds. The van der Waals surface area contributed by atoms with Crippen LogP contribution in [-0.2, 0) is 61.2 Å². The Morgan fingerprint density at radius 3 is 1.03 bits per heavy atom. The SMILES string of the molecule is CC(C)(C)OC(=O)c1ccc(-c2nc(Br)cnc2N)cc1F.CC(C)(C)OC(=O)c1ccc(-c2nc(C3=CCC4(CC3)OCCO4)cnc2N)cc1F.CC(C)(C)OC(=O)c1ccc(-c2nccnc2N)cc1F.CC(C)(C)OC(=O)c1ccc(B2OC(C)(C)C(C)(C)O2)cc1F.CC(C)(C)OC(=O)c1ccc(Br)cc1F.CC1(C)OB(C2=CCC3(CC2)OCCO3)OC1(C)C.Nc1nccnc1Cl.O=C(O)c1ccc(Br)cc1F. The molecule has 2 aliphatic carbocycles. The second-order valence-electron chi connectivity index (χ2n) is 41.6. The Morgan fingerprint density at radius 2 is 0.700 bits per heavy atom. The van der Waals surface area contributed by atoms with Crippen molar-refractivity contribution in [2.75, 3.05) is 49.4 Å². The third-order valence-corrected chi connectivity index (χ3v) is 24.5. The van der Waals surface area contributed by atoms with Crippen LogP contribution < -0.4 is 28.4 Å². The number of anilines is 4. The quantitative estimate of drug-likeness (QED) is 0.0328. The molecule has 0 atom stereocenters. The van der Waals surface area contributed by atoms with Crippen LogP contribution in [0.3, 0.4) is 0 Å². The topological polar surface area (TPSA) is 450 Å². The van der Waals surface area contributed by atoms with Crippen LogP contribution >= 0.6 is 59.4 Å². The zero-order chi connectivity index (χ0) is 112. The number of esters is 5. The number of halogens is 10. The summed E-state index contributed by atoms with van der Waals surface area (Å²) in [6, 6.07) is 24.7. The van der Waals surface area contributed by atoms with E-state index in [1.807, 2.05) is 33.8 Å². The number of hydrogen-bond acceptors (Lipinski definition) is 31. The summed E-state index contributed by atoms with van der Waals surface area (Å²) >= 11 is 14.7. The van der Waals surface area contributed by atoms with Crippen LogP contribution in [0.25, 0.3) is 39.3 Å². The van der Waals surface area contributed by atoms with Crippen LogP contribution in [0.4, 0.5) is 49.6 Å². The van der Waals surface area contributed by atoms with Gasteiger partial charge in [0.05, 0.1) is 100 Å². The number of rotatable bonds is 12. The Bertz CT molecular complexity index is 6560. The van der Waals surface area contributed by atoms with E-state index in [1.165, 1.54) is 109 Å². The fourth-order valence-corrected chi connectivity index (χ4v) is 15.2. The number of nitrogens with two attached hydrogens (primary N) is 4. The average Bonchev–Trinajstić information content (AvgIpc) is 1.62. The van der Waals surface area contributed by atoms with Gasteiger partial charge in [-0.3, -0.25) is 4.98 Å². The largest absolute Gasteiger partial charge is 0.494 e. The molecule has 4 fully saturated rings.